The third-order valence-electron chi connectivity index (χ3n) is 2.83. The number of amides is 2. The number of carbonyl (C=O) groups excluding carboxylic acids is 2. The zero-order valence-corrected chi connectivity index (χ0v) is 12.5. The molecular weight excluding hydrogens is 325 g/mol. The number of rotatable bonds is 4. The van der Waals surface area contributed by atoms with Gasteiger partial charge in [-0.2, -0.15) is 0 Å². The van der Waals surface area contributed by atoms with Crippen LogP contribution in [0.2, 0.25) is 0 Å². The topological polar surface area (TPSA) is 67.4 Å². The summed E-state index contributed by atoms with van der Waals surface area (Å²) in [6.07, 6.45) is -4.86. The van der Waals surface area contributed by atoms with Crippen LogP contribution < -0.4 is 15.4 Å². The van der Waals surface area contributed by atoms with E-state index in [2.05, 4.69) is 15.4 Å². The molecule has 2 aromatic rings. The Labute approximate surface area is 135 Å². The summed E-state index contributed by atoms with van der Waals surface area (Å²) in [5.74, 6) is -1.37. The highest BCUT2D eigenvalue weighted by atomic mass is 19.4. The molecule has 0 spiro atoms. The number of hydrogen-bond acceptors (Lipinski definition) is 3. The zero-order chi connectivity index (χ0) is 17.7. The van der Waals surface area contributed by atoms with Gasteiger partial charge in [-0.25, -0.2) is 0 Å². The molecule has 0 heterocycles. The van der Waals surface area contributed by atoms with Crippen LogP contribution in [0.25, 0.3) is 0 Å². The molecule has 2 rings (SSSR count). The van der Waals surface area contributed by atoms with Crippen molar-refractivity contribution < 1.29 is 27.5 Å². The van der Waals surface area contributed by atoms with Crippen molar-refractivity contribution in [2.75, 3.05) is 10.6 Å². The predicted molar refractivity (Wildman–Crippen MR) is 81.8 cm³/mol. The van der Waals surface area contributed by atoms with Gasteiger partial charge in [0.2, 0.25) is 5.91 Å². The fourth-order valence-electron chi connectivity index (χ4n) is 1.89. The van der Waals surface area contributed by atoms with E-state index in [1.54, 1.807) is 0 Å². The number of hydrogen-bond donors (Lipinski definition) is 2. The highest BCUT2D eigenvalue weighted by Crippen LogP contribution is 2.30. The maximum Gasteiger partial charge on any atom is 0.573 e. The van der Waals surface area contributed by atoms with Crippen LogP contribution in [0.3, 0.4) is 0 Å². The fraction of sp³-hybridized carbons (Fsp3) is 0.125. The average Bonchev–Trinajstić information content (AvgIpc) is 2.48. The van der Waals surface area contributed by atoms with Crippen molar-refractivity contribution in [3.63, 3.8) is 0 Å². The largest absolute Gasteiger partial charge is 0.573 e. The molecular formula is C16H13F3N2O3. The number of carbonyl (C=O) groups is 2. The monoisotopic (exact) mass is 338 g/mol. The van der Waals surface area contributed by atoms with E-state index < -0.39 is 18.0 Å². The van der Waals surface area contributed by atoms with Crippen molar-refractivity contribution in [1.29, 1.82) is 0 Å². The van der Waals surface area contributed by atoms with Gasteiger partial charge in [0.1, 0.15) is 0 Å². The summed E-state index contributed by atoms with van der Waals surface area (Å²) in [5.41, 5.74) is 0.608. The summed E-state index contributed by atoms with van der Waals surface area (Å²) in [7, 11) is 0. The zero-order valence-electron chi connectivity index (χ0n) is 12.5. The Morgan fingerprint density at radius 2 is 1.58 bits per heavy atom. The molecule has 2 aromatic carbocycles. The fourth-order valence-corrected chi connectivity index (χ4v) is 1.89. The summed E-state index contributed by atoms with van der Waals surface area (Å²) in [4.78, 5) is 23.1. The molecule has 24 heavy (non-hydrogen) atoms. The Morgan fingerprint density at radius 3 is 2.17 bits per heavy atom. The van der Waals surface area contributed by atoms with Crippen molar-refractivity contribution >= 4 is 23.2 Å². The molecule has 0 atom stereocenters. The Balaban J connectivity index is 2.14. The van der Waals surface area contributed by atoms with Crippen LogP contribution in [0.1, 0.15) is 17.3 Å². The third-order valence-corrected chi connectivity index (χ3v) is 2.83. The molecule has 0 aliphatic rings. The van der Waals surface area contributed by atoms with E-state index in [0.717, 1.165) is 6.07 Å². The Morgan fingerprint density at radius 1 is 0.958 bits per heavy atom. The molecule has 2 amide bonds. The molecule has 5 nitrogen and oxygen atoms in total. The van der Waals surface area contributed by atoms with Gasteiger partial charge in [-0.1, -0.05) is 12.1 Å². The predicted octanol–water partition coefficient (Wildman–Crippen LogP) is 3.80. The number of ether oxygens (including phenoxy) is 1. The number of anilines is 2. The van der Waals surface area contributed by atoms with E-state index in [1.165, 1.54) is 49.4 Å². The first-order valence-corrected chi connectivity index (χ1v) is 6.78. The van der Waals surface area contributed by atoms with Gasteiger partial charge in [-0.15, -0.1) is 13.2 Å². The van der Waals surface area contributed by atoms with Crippen LogP contribution >= 0.6 is 0 Å². The van der Waals surface area contributed by atoms with E-state index >= 15 is 0 Å². The minimum atomic E-state index is -4.86. The normalized spacial score (nSPS) is 10.8. The molecule has 0 saturated carbocycles. The Hall–Kier alpha value is -3.03. The van der Waals surface area contributed by atoms with Crippen molar-refractivity contribution in [2.45, 2.75) is 13.3 Å². The quantitative estimate of drug-likeness (QED) is 0.891. The highest BCUT2D eigenvalue weighted by molar-refractivity contribution is 6.05. The van der Waals surface area contributed by atoms with Gasteiger partial charge in [0.05, 0.1) is 5.69 Å². The number of alkyl halides is 3. The van der Waals surface area contributed by atoms with Crippen molar-refractivity contribution in [2.24, 2.45) is 0 Å². The first-order valence-electron chi connectivity index (χ1n) is 6.78. The smallest absolute Gasteiger partial charge is 0.404 e. The van der Waals surface area contributed by atoms with Crippen LogP contribution in [0.4, 0.5) is 24.5 Å². The van der Waals surface area contributed by atoms with Crippen LogP contribution in [0.5, 0.6) is 5.75 Å². The summed E-state index contributed by atoms with van der Waals surface area (Å²) >= 11 is 0. The van der Waals surface area contributed by atoms with Crippen LogP contribution in [0.15, 0.2) is 48.5 Å². The summed E-state index contributed by atoms with van der Waals surface area (Å²) in [6.45, 7) is 1.35. The second-order valence-corrected chi connectivity index (χ2v) is 4.76. The van der Waals surface area contributed by atoms with E-state index in [4.69, 9.17) is 0 Å². The van der Waals surface area contributed by atoms with Gasteiger partial charge in [0.25, 0.3) is 5.91 Å². The van der Waals surface area contributed by atoms with E-state index in [-0.39, 0.29) is 17.2 Å². The van der Waals surface area contributed by atoms with Gasteiger partial charge >= 0.3 is 6.36 Å². The highest BCUT2D eigenvalue weighted by Gasteiger charge is 2.32. The van der Waals surface area contributed by atoms with Crippen LogP contribution in [0, 0.1) is 0 Å². The van der Waals surface area contributed by atoms with E-state index in [0.29, 0.717) is 5.69 Å². The number of benzene rings is 2. The summed E-state index contributed by atoms with van der Waals surface area (Å²) in [5, 5.41) is 4.90. The molecule has 126 valence electrons. The minimum Gasteiger partial charge on any atom is -0.404 e. The maximum atomic E-state index is 12.4. The lowest BCUT2D eigenvalue weighted by atomic mass is 10.2. The van der Waals surface area contributed by atoms with E-state index in [1.807, 2.05) is 0 Å². The molecule has 0 bridgehead atoms. The summed E-state index contributed by atoms with van der Waals surface area (Å²) in [6, 6.07) is 11.1. The van der Waals surface area contributed by atoms with Gasteiger partial charge in [-0.3, -0.25) is 9.59 Å². The molecule has 2 N–H and O–H groups in total. The second-order valence-electron chi connectivity index (χ2n) is 4.76. The van der Waals surface area contributed by atoms with Crippen LogP contribution in [-0.4, -0.2) is 18.2 Å². The first-order chi connectivity index (χ1) is 11.2. The standard InChI is InChI=1S/C16H13F3N2O3/c1-10(22)20-12-8-6-11(7-9-12)15(23)21-13-4-2-3-5-14(13)24-16(17,18)19/h2-9H,1H3,(H,20,22)(H,21,23). The van der Waals surface area contributed by atoms with Gasteiger partial charge < -0.3 is 15.4 Å². The molecule has 0 radical (unpaired) electrons. The van der Waals surface area contributed by atoms with Crippen LogP contribution in [-0.2, 0) is 4.79 Å². The van der Waals surface area contributed by atoms with Gasteiger partial charge in [-0.05, 0) is 36.4 Å². The lowest BCUT2D eigenvalue weighted by Gasteiger charge is -2.14. The second kappa shape index (κ2) is 7.03. The van der Waals surface area contributed by atoms with Crippen molar-refractivity contribution in [3.8, 4) is 5.75 Å². The first kappa shape index (κ1) is 17.3. The SMILES string of the molecule is CC(=O)Nc1ccc(C(=O)Nc2ccccc2OC(F)(F)F)cc1. The molecule has 8 heteroatoms. The van der Waals surface area contributed by atoms with Gasteiger partial charge in [0.15, 0.2) is 5.75 Å². The number of halogens is 3. The number of nitrogens with one attached hydrogen (secondary N) is 2. The molecule has 0 aromatic heterocycles. The lowest BCUT2D eigenvalue weighted by molar-refractivity contribution is -0.274. The number of para-hydroxylation sites is 2. The van der Waals surface area contributed by atoms with Crippen molar-refractivity contribution in [3.05, 3.63) is 54.1 Å². The Kier molecular flexibility index (Phi) is 5.08. The average molecular weight is 338 g/mol. The third kappa shape index (κ3) is 5.01. The molecule has 0 unspecified atom stereocenters. The maximum absolute atomic E-state index is 12.4. The molecule has 0 aliphatic heterocycles. The molecule has 0 fully saturated rings. The molecule has 0 aliphatic carbocycles. The Bertz CT molecular complexity index is 743. The lowest BCUT2D eigenvalue weighted by Crippen LogP contribution is -2.19. The summed E-state index contributed by atoms with van der Waals surface area (Å²) < 4.78 is 41.0. The minimum absolute atomic E-state index is 0.106. The van der Waals surface area contributed by atoms with Crippen molar-refractivity contribution in [1.82, 2.24) is 0 Å². The van der Waals surface area contributed by atoms with E-state index in [9.17, 15) is 22.8 Å². The molecule has 0 saturated heterocycles. The van der Waals surface area contributed by atoms with Gasteiger partial charge in [0, 0.05) is 18.2 Å².